The smallest absolute Gasteiger partial charge is 0.345 e. The number of hydrogen-bond donors (Lipinski definition) is 1. The summed E-state index contributed by atoms with van der Waals surface area (Å²) in [5.41, 5.74) is 3.30. The lowest BCUT2D eigenvalue weighted by molar-refractivity contribution is 0.563. The number of nitrogens with one attached hydrogen (secondary N) is 1. The molecule has 0 aliphatic heterocycles. The molecule has 5 heteroatoms. The molecule has 0 saturated heterocycles. The van der Waals surface area contributed by atoms with E-state index in [4.69, 9.17) is 4.42 Å². The minimum absolute atomic E-state index is 0.365. The van der Waals surface area contributed by atoms with E-state index in [-0.39, 0.29) is 5.63 Å². The molecule has 5 nitrogen and oxygen atoms in total. The van der Waals surface area contributed by atoms with Gasteiger partial charge in [0, 0.05) is 35.9 Å². The number of hydrogen-bond acceptors (Lipinski definition) is 4. The fourth-order valence-corrected chi connectivity index (χ4v) is 2.62. The highest BCUT2D eigenvalue weighted by Crippen LogP contribution is 2.24. The molecule has 0 fully saturated rings. The fraction of sp³-hybridized carbons (Fsp3) is 0.294. The zero-order valence-electron chi connectivity index (χ0n) is 13.0. The van der Waals surface area contributed by atoms with Gasteiger partial charge in [0.25, 0.3) is 0 Å². The molecule has 2 aromatic heterocycles. The van der Waals surface area contributed by atoms with Crippen molar-refractivity contribution in [2.75, 3.05) is 18.0 Å². The average Bonchev–Trinajstić information content (AvgIpc) is 2.94. The fourth-order valence-electron chi connectivity index (χ4n) is 2.62. The van der Waals surface area contributed by atoms with Gasteiger partial charge in [0.1, 0.15) is 5.58 Å². The number of aromatic nitrogens is 2. The molecule has 1 N–H and O–H groups in total. The number of benzene rings is 1. The Morgan fingerprint density at radius 2 is 1.95 bits per heavy atom. The monoisotopic (exact) mass is 297 g/mol. The lowest BCUT2D eigenvalue weighted by atomic mass is 10.1. The van der Waals surface area contributed by atoms with E-state index >= 15 is 0 Å². The zero-order valence-corrected chi connectivity index (χ0v) is 13.0. The van der Waals surface area contributed by atoms with Crippen LogP contribution in [0.5, 0.6) is 0 Å². The first-order chi connectivity index (χ1) is 10.6. The highest BCUT2D eigenvalue weighted by atomic mass is 16.4. The van der Waals surface area contributed by atoms with Gasteiger partial charge in [-0.25, -0.2) is 4.79 Å². The Labute approximate surface area is 128 Å². The average molecular weight is 297 g/mol. The molecule has 0 spiro atoms. The zero-order chi connectivity index (χ0) is 15.7. The molecule has 3 aromatic rings. The van der Waals surface area contributed by atoms with Gasteiger partial charge in [0.05, 0.1) is 11.3 Å². The normalized spacial score (nSPS) is 11.0. The lowest BCUT2D eigenvalue weighted by Crippen LogP contribution is -2.21. The predicted molar refractivity (Wildman–Crippen MR) is 88.4 cm³/mol. The third-order valence-electron chi connectivity index (χ3n) is 3.83. The second kappa shape index (κ2) is 5.67. The third-order valence-corrected chi connectivity index (χ3v) is 3.83. The van der Waals surface area contributed by atoms with Gasteiger partial charge < -0.3 is 9.32 Å². The van der Waals surface area contributed by atoms with E-state index in [0.29, 0.717) is 16.8 Å². The van der Waals surface area contributed by atoms with Gasteiger partial charge in [-0.05, 0) is 45.0 Å². The van der Waals surface area contributed by atoms with Crippen LogP contribution in [-0.2, 0) is 0 Å². The van der Waals surface area contributed by atoms with Gasteiger partial charge in [-0.3, -0.25) is 5.10 Å². The summed E-state index contributed by atoms with van der Waals surface area (Å²) < 4.78 is 5.50. The quantitative estimate of drug-likeness (QED) is 0.750. The number of rotatable bonds is 4. The number of aromatic amines is 1. The molecule has 0 aliphatic rings. The summed E-state index contributed by atoms with van der Waals surface area (Å²) in [6.07, 6.45) is 0. The minimum atomic E-state index is -0.365. The van der Waals surface area contributed by atoms with Crippen molar-refractivity contribution in [2.45, 2.75) is 20.8 Å². The van der Waals surface area contributed by atoms with Gasteiger partial charge in [-0.2, -0.15) is 5.10 Å². The van der Waals surface area contributed by atoms with Gasteiger partial charge in [0.2, 0.25) is 0 Å². The standard InChI is InChI=1S/C17H19N3O2/c1-4-20(5-2)13-7-6-12-9-14(15-8-11(3)18-19-15)17(21)22-16(12)10-13/h6-10H,4-5H2,1-3H3,(H,18,19). The Kier molecular flexibility index (Phi) is 3.71. The minimum Gasteiger partial charge on any atom is -0.422 e. The van der Waals surface area contributed by atoms with Crippen LogP contribution >= 0.6 is 0 Å². The second-order valence-corrected chi connectivity index (χ2v) is 5.28. The van der Waals surface area contributed by atoms with Gasteiger partial charge in [-0.15, -0.1) is 0 Å². The van der Waals surface area contributed by atoms with Crippen molar-refractivity contribution < 1.29 is 4.42 Å². The van der Waals surface area contributed by atoms with Crippen molar-refractivity contribution in [3.05, 3.63) is 46.4 Å². The molecule has 0 amide bonds. The third kappa shape index (κ3) is 2.50. The molecule has 2 heterocycles. The van der Waals surface area contributed by atoms with Crippen LogP contribution in [0.15, 0.2) is 39.5 Å². The van der Waals surface area contributed by atoms with Crippen molar-refractivity contribution in [2.24, 2.45) is 0 Å². The van der Waals surface area contributed by atoms with Gasteiger partial charge in [0.15, 0.2) is 0 Å². The summed E-state index contributed by atoms with van der Waals surface area (Å²) in [7, 11) is 0. The van der Waals surface area contributed by atoms with Crippen LogP contribution < -0.4 is 10.5 Å². The van der Waals surface area contributed by atoms with Crippen LogP contribution in [0, 0.1) is 6.92 Å². The largest absolute Gasteiger partial charge is 0.422 e. The maximum absolute atomic E-state index is 12.2. The molecule has 0 radical (unpaired) electrons. The van der Waals surface area contributed by atoms with Gasteiger partial charge >= 0.3 is 5.63 Å². The topological polar surface area (TPSA) is 62.1 Å². The van der Waals surface area contributed by atoms with E-state index in [0.717, 1.165) is 29.9 Å². The molecule has 0 bridgehead atoms. The molecule has 1 aromatic carbocycles. The van der Waals surface area contributed by atoms with E-state index in [1.165, 1.54) is 0 Å². The Morgan fingerprint density at radius 1 is 1.18 bits per heavy atom. The SMILES string of the molecule is CCN(CC)c1ccc2cc(-c3cc(C)[nH]n3)c(=O)oc2c1. The summed E-state index contributed by atoms with van der Waals surface area (Å²) in [4.78, 5) is 14.4. The molecule has 114 valence electrons. The summed E-state index contributed by atoms with van der Waals surface area (Å²) in [6, 6.07) is 9.62. The Morgan fingerprint density at radius 3 is 2.59 bits per heavy atom. The second-order valence-electron chi connectivity index (χ2n) is 5.28. The molecule has 3 rings (SSSR count). The van der Waals surface area contributed by atoms with Crippen molar-refractivity contribution in [3.8, 4) is 11.3 Å². The van der Waals surface area contributed by atoms with Crippen molar-refractivity contribution in [1.82, 2.24) is 10.2 Å². The molecule has 0 saturated carbocycles. The van der Waals surface area contributed by atoms with E-state index in [9.17, 15) is 4.79 Å². The van der Waals surface area contributed by atoms with E-state index in [1.54, 1.807) is 0 Å². The number of fused-ring (bicyclic) bond motifs is 1. The molecule has 0 aliphatic carbocycles. The van der Waals surface area contributed by atoms with Crippen molar-refractivity contribution in [3.63, 3.8) is 0 Å². The van der Waals surface area contributed by atoms with E-state index < -0.39 is 0 Å². The summed E-state index contributed by atoms with van der Waals surface area (Å²) in [5, 5.41) is 7.87. The summed E-state index contributed by atoms with van der Waals surface area (Å²) >= 11 is 0. The maximum Gasteiger partial charge on any atom is 0.345 e. The predicted octanol–water partition coefficient (Wildman–Crippen LogP) is 3.34. The number of nitrogens with zero attached hydrogens (tertiary/aromatic N) is 2. The first kappa shape index (κ1) is 14.4. The Bertz CT molecular complexity index is 860. The molecule has 0 unspecified atom stereocenters. The number of anilines is 1. The molecule has 0 atom stereocenters. The highest BCUT2D eigenvalue weighted by molar-refractivity contribution is 5.84. The Balaban J connectivity index is 2.12. The molecular formula is C17H19N3O2. The summed E-state index contributed by atoms with van der Waals surface area (Å²) in [6.45, 7) is 7.93. The van der Waals surface area contributed by atoms with E-state index in [1.807, 2.05) is 31.2 Å². The lowest BCUT2D eigenvalue weighted by Gasteiger charge is -2.20. The van der Waals surface area contributed by atoms with Crippen molar-refractivity contribution >= 4 is 16.7 Å². The number of H-pyrrole nitrogens is 1. The van der Waals surface area contributed by atoms with Crippen LogP contribution in [-0.4, -0.2) is 23.3 Å². The first-order valence-electron chi connectivity index (χ1n) is 7.47. The molecular weight excluding hydrogens is 278 g/mol. The van der Waals surface area contributed by atoms with Crippen LogP contribution in [0.2, 0.25) is 0 Å². The van der Waals surface area contributed by atoms with E-state index in [2.05, 4.69) is 35.0 Å². The highest BCUT2D eigenvalue weighted by Gasteiger charge is 2.11. The first-order valence-corrected chi connectivity index (χ1v) is 7.47. The molecule has 22 heavy (non-hydrogen) atoms. The van der Waals surface area contributed by atoms with Crippen molar-refractivity contribution in [1.29, 1.82) is 0 Å². The number of aryl methyl sites for hydroxylation is 1. The van der Waals surface area contributed by atoms with Gasteiger partial charge in [-0.1, -0.05) is 0 Å². The maximum atomic E-state index is 12.2. The Hall–Kier alpha value is -2.56. The van der Waals surface area contributed by atoms with Crippen LogP contribution in [0.1, 0.15) is 19.5 Å². The van der Waals surface area contributed by atoms with Crippen LogP contribution in [0.25, 0.3) is 22.2 Å². The summed E-state index contributed by atoms with van der Waals surface area (Å²) in [5.74, 6) is 0. The van der Waals surface area contributed by atoms with Crippen LogP contribution in [0.3, 0.4) is 0 Å². The van der Waals surface area contributed by atoms with Crippen LogP contribution in [0.4, 0.5) is 5.69 Å².